The molecule has 0 aliphatic heterocycles. The van der Waals surface area contributed by atoms with E-state index in [4.69, 9.17) is 0 Å². The molecule has 0 bridgehead atoms. The fourth-order valence-corrected chi connectivity index (χ4v) is 3.88. The number of H-pyrrole nitrogens is 1. The lowest BCUT2D eigenvalue weighted by Gasteiger charge is -2.20. The lowest BCUT2D eigenvalue weighted by molar-refractivity contribution is 0.102. The van der Waals surface area contributed by atoms with Crippen molar-refractivity contribution in [1.29, 1.82) is 0 Å². The van der Waals surface area contributed by atoms with E-state index in [2.05, 4.69) is 20.5 Å². The summed E-state index contributed by atoms with van der Waals surface area (Å²) < 4.78 is 26.7. The van der Waals surface area contributed by atoms with Gasteiger partial charge < -0.3 is 0 Å². The molecule has 0 atom stereocenters. The highest BCUT2D eigenvalue weighted by atomic mass is 32.2. The molecule has 0 radical (unpaired) electrons. The van der Waals surface area contributed by atoms with E-state index in [0.29, 0.717) is 18.7 Å². The Hall–Kier alpha value is -2.26. The first-order valence-corrected chi connectivity index (χ1v) is 8.61. The molecule has 9 heteroatoms. The van der Waals surface area contributed by atoms with Crippen LogP contribution in [0.25, 0.3) is 0 Å². The van der Waals surface area contributed by atoms with E-state index in [0.717, 1.165) is 0 Å². The molecular formula is C14H19N5O3S. The number of amides is 1. The van der Waals surface area contributed by atoms with Crippen molar-refractivity contribution in [1.82, 2.24) is 19.5 Å². The number of aromatic nitrogens is 3. The second-order valence-corrected chi connectivity index (χ2v) is 6.76. The van der Waals surface area contributed by atoms with Crippen molar-refractivity contribution >= 4 is 21.9 Å². The molecular weight excluding hydrogens is 318 g/mol. The fourth-order valence-electron chi connectivity index (χ4n) is 2.17. The predicted octanol–water partition coefficient (Wildman–Crippen LogP) is 1.40. The van der Waals surface area contributed by atoms with Gasteiger partial charge in [-0.3, -0.25) is 10.1 Å². The zero-order valence-corrected chi connectivity index (χ0v) is 14.0. The molecule has 2 aromatic rings. The molecule has 0 unspecified atom stereocenters. The van der Waals surface area contributed by atoms with E-state index in [1.807, 2.05) is 0 Å². The van der Waals surface area contributed by atoms with Crippen LogP contribution in [-0.4, -0.2) is 46.9 Å². The minimum atomic E-state index is -3.63. The summed E-state index contributed by atoms with van der Waals surface area (Å²) >= 11 is 0. The third kappa shape index (κ3) is 3.57. The Morgan fingerprint density at radius 1 is 1.30 bits per heavy atom. The molecule has 2 N–H and O–H groups in total. The summed E-state index contributed by atoms with van der Waals surface area (Å²) in [6.45, 7) is 5.99. The standard InChI is InChI=1S/C14H19N5O3S/c1-4-19(5-2)23(21,22)12-8-11(7-6-10(12)3)13(20)17-14-15-9-16-18-14/h6-9H,4-5H2,1-3H3,(H2,15,16,17,18,20). The van der Waals surface area contributed by atoms with E-state index >= 15 is 0 Å². The van der Waals surface area contributed by atoms with Crippen LogP contribution in [0, 0.1) is 6.92 Å². The van der Waals surface area contributed by atoms with E-state index < -0.39 is 15.9 Å². The van der Waals surface area contributed by atoms with Crippen LogP contribution in [0.15, 0.2) is 29.4 Å². The summed E-state index contributed by atoms with van der Waals surface area (Å²) in [7, 11) is -3.63. The van der Waals surface area contributed by atoms with Crippen LogP contribution in [0.3, 0.4) is 0 Å². The molecule has 1 amide bonds. The van der Waals surface area contributed by atoms with Gasteiger partial charge in [0.05, 0.1) is 4.90 Å². The summed E-state index contributed by atoms with van der Waals surface area (Å²) in [5.41, 5.74) is 0.825. The number of anilines is 1. The lowest BCUT2D eigenvalue weighted by atomic mass is 10.1. The number of nitrogens with zero attached hydrogens (tertiary/aromatic N) is 3. The smallest absolute Gasteiger partial charge is 0.258 e. The summed E-state index contributed by atoms with van der Waals surface area (Å²) in [5, 5.41) is 8.66. The van der Waals surface area contributed by atoms with Gasteiger partial charge in [-0.1, -0.05) is 19.9 Å². The quantitative estimate of drug-likeness (QED) is 0.828. The number of rotatable bonds is 6. The van der Waals surface area contributed by atoms with Crippen molar-refractivity contribution in [2.75, 3.05) is 18.4 Å². The lowest BCUT2D eigenvalue weighted by Crippen LogP contribution is -2.31. The minimum Gasteiger partial charge on any atom is -0.291 e. The van der Waals surface area contributed by atoms with Crippen molar-refractivity contribution in [3.05, 3.63) is 35.7 Å². The van der Waals surface area contributed by atoms with Crippen LogP contribution in [0.4, 0.5) is 5.95 Å². The number of carbonyl (C=O) groups is 1. The Kier molecular flexibility index (Phi) is 5.12. The van der Waals surface area contributed by atoms with Crippen LogP contribution in [0.2, 0.25) is 0 Å². The average molecular weight is 337 g/mol. The molecule has 23 heavy (non-hydrogen) atoms. The van der Waals surface area contributed by atoms with E-state index in [9.17, 15) is 13.2 Å². The van der Waals surface area contributed by atoms with Crippen molar-refractivity contribution in [2.24, 2.45) is 0 Å². The number of hydrogen-bond acceptors (Lipinski definition) is 5. The van der Waals surface area contributed by atoms with Gasteiger partial charge in [0.15, 0.2) is 0 Å². The normalized spacial score (nSPS) is 11.7. The zero-order valence-electron chi connectivity index (χ0n) is 13.2. The summed E-state index contributed by atoms with van der Waals surface area (Å²) in [6.07, 6.45) is 1.26. The Labute approximate surface area is 135 Å². The zero-order chi connectivity index (χ0) is 17.0. The van der Waals surface area contributed by atoms with Crippen LogP contribution < -0.4 is 5.32 Å². The molecule has 0 fully saturated rings. The van der Waals surface area contributed by atoms with Crippen LogP contribution in [-0.2, 0) is 10.0 Å². The predicted molar refractivity (Wildman–Crippen MR) is 85.6 cm³/mol. The van der Waals surface area contributed by atoms with Gasteiger partial charge in [-0.25, -0.2) is 13.5 Å². The maximum atomic E-state index is 12.7. The van der Waals surface area contributed by atoms with Crippen LogP contribution >= 0.6 is 0 Å². The van der Waals surface area contributed by atoms with Gasteiger partial charge >= 0.3 is 0 Å². The van der Waals surface area contributed by atoms with Gasteiger partial charge in [0.1, 0.15) is 6.33 Å². The highest BCUT2D eigenvalue weighted by Crippen LogP contribution is 2.21. The Balaban J connectivity index is 2.37. The summed E-state index contributed by atoms with van der Waals surface area (Å²) in [5.74, 6) is -0.263. The molecule has 0 saturated carbocycles. The van der Waals surface area contributed by atoms with Gasteiger partial charge in [0.25, 0.3) is 5.91 Å². The molecule has 0 aliphatic rings. The highest BCUT2D eigenvalue weighted by Gasteiger charge is 2.24. The van der Waals surface area contributed by atoms with Crippen molar-refractivity contribution < 1.29 is 13.2 Å². The monoisotopic (exact) mass is 337 g/mol. The molecule has 0 saturated heterocycles. The molecule has 8 nitrogen and oxygen atoms in total. The van der Waals surface area contributed by atoms with Crippen LogP contribution in [0.5, 0.6) is 0 Å². The third-order valence-electron chi connectivity index (χ3n) is 3.42. The molecule has 0 spiro atoms. The van der Waals surface area contributed by atoms with Gasteiger partial charge in [-0.15, -0.1) is 0 Å². The maximum absolute atomic E-state index is 12.7. The number of aryl methyl sites for hydroxylation is 1. The topological polar surface area (TPSA) is 108 Å². The van der Waals surface area contributed by atoms with Gasteiger partial charge in [0.2, 0.25) is 16.0 Å². The summed E-state index contributed by atoms with van der Waals surface area (Å²) in [4.78, 5) is 16.1. The van der Waals surface area contributed by atoms with Gasteiger partial charge in [-0.05, 0) is 24.6 Å². The van der Waals surface area contributed by atoms with E-state index in [1.54, 1.807) is 32.9 Å². The van der Waals surface area contributed by atoms with Crippen LogP contribution in [0.1, 0.15) is 29.8 Å². The third-order valence-corrected chi connectivity index (χ3v) is 5.61. The molecule has 1 aromatic carbocycles. The number of hydrogen-bond donors (Lipinski definition) is 2. The molecule has 2 rings (SSSR count). The molecule has 124 valence electrons. The Morgan fingerprint density at radius 3 is 2.57 bits per heavy atom. The number of benzene rings is 1. The maximum Gasteiger partial charge on any atom is 0.258 e. The number of carbonyl (C=O) groups excluding carboxylic acids is 1. The SMILES string of the molecule is CCN(CC)S(=O)(=O)c1cc(C(=O)Nc2ncn[nH]2)ccc1C. The first-order chi connectivity index (χ1) is 10.9. The minimum absolute atomic E-state index is 0.131. The second kappa shape index (κ2) is 6.88. The van der Waals surface area contributed by atoms with E-state index in [1.165, 1.54) is 16.7 Å². The molecule has 0 aliphatic carbocycles. The largest absolute Gasteiger partial charge is 0.291 e. The van der Waals surface area contributed by atoms with Crippen molar-refractivity contribution in [3.63, 3.8) is 0 Å². The fraction of sp³-hybridized carbons (Fsp3) is 0.357. The first-order valence-electron chi connectivity index (χ1n) is 7.17. The Bertz CT molecular complexity index is 783. The van der Waals surface area contributed by atoms with Gasteiger partial charge in [0, 0.05) is 18.7 Å². The molecule has 1 heterocycles. The second-order valence-electron chi connectivity index (χ2n) is 4.86. The van der Waals surface area contributed by atoms with Gasteiger partial charge in [-0.2, -0.15) is 14.4 Å². The van der Waals surface area contributed by atoms with E-state index in [-0.39, 0.29) is 16.4 Å². The highest BCUT2D eigenvalue weighted by molar-refractivity contribution is 7.89. The first kappa shape index (κ1) is 17.1. The average Bonchev–Trinajstić information content (AvgIpc) is 3.01. The van der Waals surface area contributed by atoms with Crippen molar-refractivity contribution in [2.45, 2.75) is 25.7 Å². The number of sulfonamides is 1. The summed E-state index contributed by atoms with van der Waals surface area (Å²) in [6, 6.07) is 4.57. The molecule has 1 aromatic heterocycles. The number of nitrogens with one attached hydrogen (secondary N) is 2. The van der Waals surface area contributed by atoms with Crippen molar-refractivity contribution in [3.8, 4) is 0 Å². The Morgan fingerprint density at radius 2 is 2.00 bits per heavy atom. The number of aromatic amines is 1.